The number of benzene rings is 3. The summed E-state index contributed by atoms with van der Waals surface area (Å²) in [6.45, 7) is 9.79. The number of para-hydroxylation sites is 1. The van der Waals surface area contributed by atoms with E-state index in [-0.39, 0.29) is 12.5 Å². The third kappa shape index (κ3) is 6.02. The Hall–Kier alpha value is -4.01. The van der Waals surface area contributed by atoms with Crippen LogP contribution < -0.4 is 15.5 Å². The second-order valence-corrected chi connectivity index (χ2v) is 10.9. The highest BCUT2D eigenvalue weighted by atomic mass is 16.3. The number of aromatic nitrogens is 2. The number of carbonyl (C=O) groups is 1. The van der Waals surface area contributed by atoms with E-state index in [4.69, 9.17) is 4.98 Å². The summed E-state index contributed by atoms with van der Waals surface area (Å²) in [7, 11) is 2.17. The van der Waals surface area contributed by atoms with Gasteiger partial charge in [-0.15, -0.1) is 0 Å². The summed E-state index contributed by atoms with van der Waals surface area (Å²) in [6, 6.07) is 19.8. The molecule has 3 aromatic carbocycles. The molecular formula is C31H36N6O2. The van der Waals surface area contributed by atoms with Gasteiger partial charge in [0.1, 0.15) is 0 Å². The number of anilines is 3. The van der Waals surface area contributed by atoms with Gasteiger partial charge < -0.3 is 25.5 Å². The molecule has 3 N–H and O–H groups in total. The fourth-order valence-electron chi connectivity index (χ4n) is 4.83. The molecule has 0 radical (unpaired) electrons. The molecule has 0 saturated carbocycles. The van der Waals surface area contributed by atoms with Crippen molar-refractivity contribution in [2.75, 3.05) is 50.1 Å². The first-order valence-electron chi connectivity index (χ1n) is 13.3. The van der Waals surface area contributed by atoms with E-state index in [1.165, 1.54) is 11.3 Å². The first-order chi connectivity index (χ1) is 18.7. The second-order valence-electron chi connectivity index (χ2n) is 10.9. The first-order valence-corrected chi connectivity index (χ1v) is 13.3. The Bertz CT molecular complexity index is 1480. The smallest absolute Gasteiger partial charge is 0.251 e. The minimum Gasteiger partial charge on any atom is -0.394 e. The maximum Gasteiger partial charge on any atom is 0.251 e. The fourth-order valence-corrected chi connectivity index (χ4v) is 4.83. The van der Waals surface area contributed by atoms with Crippen molar-refractivity contribution in [2.45, 2.75) is 26.3 Å². The van der Waals surface area contributed by atoms with Gasteiger partial charge in [-0.05, 0) is 69.3 Å². The third-order valence-corrected chi connectivity index (χ3v) is 7.21. The molecular weight excluding hydrogens is 488 g/mol. The summed E-state index contributed by atoms with van der Waals surface area (Å²) in [6.07, 6.45) is 1.83. The van der Waals surface area contributed by atoms with Crippen LogP contribution in [0.3, 0.4) is 0 Å². The van der Waals surface area contributed by atoms with Gasteiger partial charge in [-0.3, -0.25) is 4.79 Å². The number of piperazine rings is 1. The van der Waals surface area contributed by atoms with E-state index in [0.717, 1.165) is 53.9 Å². The molecule has 0 atom stereocenters. The second kappa shape index (κ2) is 11.0. The number of aliphatic hydroxyl groups excluding tert-OH is 1. The van der Waals surface area contributed by atoms with E-state index in [2.05, 4.69) is 57.6 Å². The lowest BCUT2D eigenvalue weighted by atomic mass is 10.0. The largest absolute Gasteiger partial charge is 0.394 e. The van der Waals surface area contributed by atoms with Gasteiger partial charge in [-0.25, -0.2) is 9.97 Å². The Morgan fingerprint density at radius 2 is 1.77 bits per heavy atom. The van der Waals surface area contributed by atoms with Gasteiger partial charge in [0.15, 0.2) is 0 Å². The molecule has 0 unspecified atom stereocenters. The number of likely N-dealkylation sites (N-methyl/N-ethyl adjacent to an activating group) is 1. The zero-order valence-corrected chi connectivity index (χ0v) is 23.0. The normalized spacial score (nSPS) is 14.4. The number of hydrogen-bond acceptors (Lipinski definition) is 7. The van der Waals surface area contributed by atoms with Crippen LogP contribution in [-0.4, -0.2) is 71.3 Å². The number of aryl methyl sites for hydroxylation is 1. The lowest BCUT2D eigenvalue weighted by Crippen LogP contribution is -2.46. The highest BCUT2D eigenvalue weighted by molar-refractivity contribution is 5.97. The molecule has 8 nitrogen and oxygen atoms in total. The molecule has 1 fully saturated rings. The van der Waals surface area contributed by atoms with Crippen LogP contribution in [0.2, 0.25) is 0 Å². The van der Waals surface area contributed by atoms with Crippen LogP contribution in [0.5, 0.6) is 0 Å². The minimum absolute atomic E-state index is 0.136. The lowest BCUT2D eigenvalue weighted by Gasteiger charge is -2.35. The highest BCUT2D eigenvalue weighted by Gasteiger charge is 2.20. The van der Waals surface area contributed by atoms with E-state index in [1.54, 1.807) is 26.0 Å². The Morgan fingerprint density at radius 3 is 2.46 bits per heavy atom. The zero-order valence-electron chi connectivity index (χ0n) is 23.0. The molecule has 39 heavy (non-hydrogen) atoms. The maximum absolute atomic E-state index is 12.6. The number of hydrogen-bond donors (Lipinski definition) is 3. The summed E-state index contributed by atoms with van der Waals surface area (Å²) >= 11 is 0. The SMILES string of the molecule is Cc1cc(Nc2ncc3cccc(-c4ccc(C(=O)NC(C)(C)CO)cc4)c3n2)ccc1N1CCN(C)CC1. The summed E-state index contributed by atoms with van der Waals surface area (Å²) in [5.41, 5.74) is 6.04. The Kier molecular flexibility index (Phi) is 7.50. The zero-order chi connectivity index (χ0) is 27.6. The number of nitrogens with one attached hydrogen (secondary N) is 2. The fraction of sp³-hybridized carbons (Fsp3) is 0.323. The molecule has 0 aliphatic carbocycles. The van der Waals surface area contributed by atoms with Crippen LogP contribution in [0.25, 0.3) is 22.0 Å². The average Bonchev–Trinajstić information content (AvgIpc) is 2.93. The van der Waals surface area contributed by atoms with Crippen LogP contribution in [0, 0.1) is 6.92 Å². The molecule has 1 aliphatic heterocycles. The van der Waals surface area contributed by atoms with Gasteiger partial charge in [0.05, 0.1) is 17.7 Å². The number of aliphatic hydroxyl groups is 1. The molecule has 5 rings (SSSR count). The van der Waals surface area contributed by atoms with Crippen molar-refractivity contribution in [2.24, 2.45) is 0 Å². The summed E-state index contributed by atoms with van der Waals surface area (Å²) in [5.74, 6) is 0.310. The Morgan fingerprint density at radius 1 is 1.03 bits per heavy atom. The minimum atomic E-state index is -0.685. The van der Waals surface area contributed by atoms with Crippen LogP contribution in [0.1, 0.15) is 29.8 Å². The molecule has 1 saturated heterocycles. The standard InChI is InChI=1S/C31H36N6O2/c1-21-18-25(12-13-27(21)37-16-14-36(4)15-17-37)33-30-32-19-24-6-5-7-26(28(24)34-30)22-8-10-23(11-9-22)29(39)35-31(2,3)20-38/h5-13,18-19,38H,14-17,20H2,1-4H3,(H,35,39)(H,32,33,34). The Labute approximate surface area is 229 Å². The van der Waals surface area contributed by atoms with Crippen LogP contribution in [0.4, 0.5) is 17.3 Å². The van der Waals surface area contributed by atoms with Gasteiger partial charge in [0.25, 0.3) is 5.91 Å². The lowest BCUT2D eigenvalue weighted by molar-refractivity contribution is 0.0869. The number of amides is 1. The maximum atomic E-state index is 12.6. The number of nitrogens with zero attached hydrogens (tertiary/aromatic N) is 4. The topological polar surface area (TPSA) is 93.6 Å². The van der Waals surface area contributed by atoms with E-state index in [9.17, 15) is 9.90 Å². The average molecular weight is 525 g/mol. The van der Waals surface area contributed by atoms with Gasteiger partial charge >= 0.3 is 0 Å². The molecule has 1 aromatic heterocycles. The highest BCUT2D eigenvalue weighted by Crippen LogP contribution is 2.30. The molecule has 4 aromatic rings. The third-order valence-electron chi connectivity index (χ3n) is 7.21. The predicted octanol–water partition coefficient (Wildman–Crippen LogP) is 4.60. The van der Waals surface area contributed by atoms with Crippen molar-refractivity contribution in [3.63, 3.8) is 0 Å². The van der Waals surface area contributed by atoms with Crippen molar-refractivity contribution < 1.29 is 9.90 Å². The summed E-state index contributed by atoms with van der Waals surface area (Å²) in [5, 5.41) is 16.6. The van der Waals surface area contributed by atoms with Gasteiger partial charge in [0.2, 0.25) is 5.95 Å². The molecule has 8 heteroatoms. The van der Waals surface area contributed by atoms with Crippen LogP contribution >= 0.6 is 0 Å². The molecule has 0 bridgehead atoms. The monoisotopic (exact) mass is 524 g/mol. The predicted molar refractivity (Wildman–Crippen MR) is 158 cm³/mol. The van der Waals surface area contributed by atoms with Crippen LogP contribution in [-0.2, 0) is 0 Å². The van der Waals surface area contributed by atoms with E-state index >= 15 is 0 Å². The Balaban J connectivity index is 1.37. The van der Waals surface area contributed by atoms with Gasteiger partial charge in [-0.2, -0.15) is 0 Å². The molecule has 0 spiro atoms. The van der Waals surface area contributed by atoms with Crippen molar-refractivity contribution in [3.8, 4) is 11.1 Å². The first kappa shape index (κ1) is 26.6. The van der Waals surface area contributed by atoms with Crippen molar-refractivity contribution in [3.05, 3.63) is 78.0 Å². The van der Waals surface area contributed by atoms with Crippen LogP contribution in [0.15, 0.2) is 66.9 Å². The van der Waals surface area contributed by atoms with Crippen molar-refractivity contribution in [1.82, 2.24) is 20.2 Å². The number of fused-ring (bicyclic) bond motifs is 1. The van der Waals surface area contributed by atoms with E-state index < -0.39 is 5.54 Å². The van der Waals surface area contributed by atoms with Gasteiger partial charge in [0, 0.05) is 60.3 Å². The van der Waals surface area contributed by atoms with E-state index in [1.807, 2.05) is 36.5 Å². The van der Waals surface area contributed by atoms with Crippen molar-refractivity contribution >= 4 is 34.1 Å². The molecule has 1 aliphatic rings. The molecule has 2 heterocycles. The summed E-state index contributed by atoms with van der Waals surface area (Å²) < 4.78 is 0. The quantitative estimate of drug-likeness (QED) is 0.325. The number of rotatable bonds is 7. The summed E-state index contributed by atoms with van der Waals surface area (Å²) in [4.78, 5) is 26.8. The molecule has 202 valence electrons. The van der Waals surface area contributed by atoms with Crippen molar-refractivity contribution in [1.29, 1.82) is 0 Å². The van der Waals surface area contributed by atoms with E-state index in [0.29, 0.717) is 11.5 Å². The molecule has 1 amide bonds. The van der Waals surface area contributed by atoms with Gasteiger partial charge in [-0.1, -0.05) is 30.3 Å². The number of carbonyl (C=O) groups excluding carboxylic acids is 1.